The fraction of sp³-hybridized carbons (Fsp3) is 0.500. The van der Waals surface area contributed by atoms with Gasteiger partial charge in [-0.3, -0.25) is 9.59 Å². The van der Waals surface area contributed by atoms with Crippen molar-refractivity contribution in [2.75, 3.05) is 20.6 Å². The summed E-state index contributed by atoms with van der Waals surface area (Å²) in [4.78, 5) is 32.3. The molecule has 3 rings (SSSR count). The van der Waals surface area contributed by atoms with Crippen molar-refractivity contribution in [3.63, 3.8) is 0 Å². The van der Waals surface area contributed by atoms with E-state index in [4.69, 9.17) is 4.98 Å². The number of rotatable bonds is 5. The molecule has 0 aliphatic carbocycles. The van der Waals surface area contributed by atoms with Gasteiger partial charge in [0.2, 0.25) is 5.91 Å². The quantitative estimate of drug-likeness (QED) is 0.808. The lowest BCUT2D eigenvalue weighted by molar-refractivity contribution is -0.136. The molecule has 0 radical (unpaired) electrons. The van der Waals surface area contributed by atoms with Crippen LogP contribution in [0.1, 0.15) is 43.4 Å². The molecule has 2 heterocycles. The molecular formula is C22H30N4O2. The predicted octanol–water partition coefficient (Wildman–Crippen LogP) is 2.98. The van der Waals surface area contributed by atoms with Gasteiger partial charge in [0.25, 0.3) is 0 Å². The van der Waals surface area contributed by atoms with Crippen LogP contribution in [0.2, 0.25) is 0 Å². The van der Waals surface area contributed by atoms with E-state index in [9.17, 15) is 9.59 Å². The highest BCUT2D eigenvalue weighted by Gasteiger charge is 2.36. The maximum absolute atomic E-state index is 13.3. The first-order valence-electron chi connectivity index (χ1n) is 9.80. The van der Waals surface area contributed by atoms with Crippen LogP contribution in [-0.2, 0) is 17.9 Å². The lowest BCUT2D eigenvalue weighted by Gasteiger charge is -2.31. The summed E-state index contributed by atoms with van der Waals surface area (Å²) in [6, 6.07) is 9.95. The molecule has 0 bridgehead atoms. The van der Waals surface area contributed by atoms with Gasteiger partial charge >= 0.3 is 0 Å². The molecule has 1 amide bonds. The number of nitrogens with one attached hydrogen (secondary N) is 1. The molecule has 1 atom stereocenters. The Labute approximate surface area is 166 Å². The van der Waals surface area contributed by atoms with Gasteiger partial charge in [0.15, 0.2) is 5.78 Å². The average Bonchev–Trinajstić information content (AvgIpc) is 3.05. The molecule has 1 N–H and O–H groups in total. The Morgan fingerprint density at radius 2 is 1.89 bits per heavy atom. The standard InChI is InChI=1S/C22H30N4O2/c1-22(2,3)16(21(28)25(4)5)13-18(27)19-17-14-23-11-12-26(17)20(24-19)15-9-7-6-8-10-15/h6-10,16,23H,11-14H2,1-5H3/t16-/m1/s1. The van der Waals surface area contributed by atoms with Crippen molar-refractivity contribution in [3.05, 3.63) is 41.7 Å². The SMILES string of the molecule is CN(C)C(=O)[C@@H](CC(=O)c1nc(-c2ccccc2)n2c1CNCC2)C(C)(C)C. The van der Waals surface area contributed by atoms with E-state index in [2.05, 4.69) is 9.88 Å². The Hall–Kier alpha value is -2.47. The number of amides is 1. The number of Topliss-reactive ketones (excluding diaryl/α,β-unsaturated/α-hetero) is 1. The zero-order valence-corrected chi connectivity index (χ0v) is 17.5. The number of carbonyl (C=O) groups excluding carboxylic acids is 2. The van der Waals surface area contributed by atoms with Crippen LogP contribution in [0.25, 0.3) is 11.4 Å². The summed E-state index contributed by atoms with van der Waals surface area (Å²) in [5.41, 5.74) is 2.10. The molecule has 1 aliphatic heterocycles. The van der Waals surface area contributed by atoms with Gasteiger partial charge in [-0.15, -0.1) is 0 Å². The van der Waals surface area contributed by atoms with E-state index in [-0.39, 0.29) is 29.4 Å². The van der Waals surface area contributed by atoms with E-state index in [1.165, 1.54) is 0 Å². The van der Waals surface area contributed by atoms with Gasteiger partial charge in [-0.2, -0.15) is 0 Å². The molecule has 150 valence electrons. The molecule has 0 saturated carbocycles. The Kier molecular flexibility index (Phi) is 5.70. The first kappa shape index (κ1) is 20.3. The molecule has 1 aromatic heterocycles. The third kappa shape index (κ3) is 4.02. The van der Waals surface area contributed by atoms with E-state index in [0.717, 1.165) is 30.2 Å². The molecule has 1 aromatic carbocycles. The van der Waals surface area contributed by atoms with Crippen molar-refractivity contribution in [2.45, 2.75) is 40.3 Å². The maximum atomic E-state index is 13.3. The minimum Gasteiger partial charge on any atom is -0.349 e. The summed E-state index contributed by atoms with van der Waals surface area (Å²) >= 11 is 0. The first-order chi connectivity index (χ1) is 13.2. The minimum atomic E-state index is -0.385. The number of ketones is 1. The Morgan fingerprint density at radius 1 is 1.21 bits per heavy atom. The highest BCUT2D eigenvalue weighted by atomic mass is 16.2. The van der Waals surface area contributed by atoms with Gasteiger partial charge in [-0.05, 0) is 5.41 Å². The zero-order chi connectivity index (χ0) is 20.5. The highest BCUT2D eigenvalue weighted by molar-refractivity contribution is 5.98. The van der Waals surface area contributed by atoms with Gasteiger partial charge in [-0.25, -0.2) is 4.98 Å². The van der Waals surface area contributed by atoms with Crippen molar-refractivity contribution < 1.29 is 9.59 Å². The molecule has 0 unspecified atom stereocenters. The van der Waals surface area contributed by atoms with Gasteiger partial charge in [-0.1, -0.05) is 51.1 Å². The Bertz CT molecular complexity index is 863. The summed E-state index contributed by atoms with van der Waals surface area (Å²) in [6.45, 7) is 8.26. The molecule has 28 heavy (non-hydrogen) atoms. The molecule has 1 aliphatic rings. The van der Waals surface area contributed by atoms with Crippen LogP contribution in [0.5, 0.6) is 0 Å². The van der Waals surface area contributed by atoms with Crippen molar-refractivity contribution in [1.82, 2.24) is 19.8 Å². The third-order valence-corrected chi connectivity index (χ3v) is 5.35. The Balaban J connectivity index is 1.98. The van der Waals surface area contributed by atoms with Gasteiger partial charge in [0.1, 0.15) is 11.5 Å². The summed E-state index contributed by atoms with van der Waals surface area (Å²) in [5.74, 6) is 0.357. The van der Waals surface area contributed by atoms with E-state index in [1.54, 1.807) is 19.0 Å². The fourth-order valence-electron chi connectivity index (χ4n) is 3.69. The predicted molar refractivity (Wildman–Crippen MR) is 110 cm³/mol. The molecule has 6 nitrogen and oxygen atoms in total. The van der Waals surface area contributed by atoms with E-state index in [1.807, 2.05) is 51.1 Å². The smallest absolute Gasteiger partial charge is 0.226 e. The monoisotopic (exact) mass is 382 g/mol. The number of hydrogen-bond donors (Lipinski definition) is 1. The second-order valence-electron chi connectivity index (χ2n) is 8.70. The number of nitrogens with zero attached hydrogens (tertiary/aromatic N) is 3. The second-order valence-corrected chi connectivity index (χ2v) is 8.70. The number of aromatic nitrogens is 2. The zero-order valence-electron chi connectivity index (χ0n) is 17.5. The van der Waals surface area contributed by atoms with Gasteiger partial charge in [0.05, 0.1) is 11.6 Å². The van der Waals surface area contributed by atoms with Gasteiger partial charge in [0, 0.05) is 45.7 Å². The van der Waals surface area contributed by atoms with Crippen LogP contribution in [0.4, 0.5) is 0 Å². The van der Waals surface area contributed by atoms with Crippen LogP contribution >= 0.6 is 0 Å². The highest BCUT2D eigenvalue weighted by Crippen LogP contribution is 2.32. The van der Waals surface area contributed by atoms with Crippen LogP contribution in [-0.4, -0.2) is 46.8 Å². The van der Waals surface area contributed by atoms with Crippen LogP contribution < -0.4 is 5.32 Å². The molecule has 6 heteroatoms. The molecular weight excluding hydrogens is 352 g/mol. The number of imidazole rings is 1. The summed E-state index contributed by atoms with van der Waals surface area (Å²) in [5, 5.41) is 3.34. The first-order valence-corrected chi connectivity index (χ1v) is 9.80. The number of benzene rings is 1. The van der Waals surface area contributed by atoms with E-state index in [0.29, 0.717) is 12.2 Å². The van der Waals surface area contributed by atoms with E-state index >= 15 is 0 Å². The number of fused-ring (bicyclic) bond motifs is 1. The van der Waals surface area contributed by atoms with Crippen molar-refractivity contribution in [3.8, 4) is 11.4 Å². The molecule has 2 aromatic rings. The topological polar surface area (TPSA) is 67.2 Å². The molecule has 0 spiro atoms. The largest absolute Gasteiger partial charge is 0.349 e. The lowest BCUT2D eigenvalue weighted by atomic mass is 9.76. The third-order valence-electron chi connectivity index (χ3n) is 5.35. The van der Waals surface area contributed by atoms with E-state index < -0.39 is 0 Å². The van der Waals surface area contributed by atoms with Crippen LogP contribution in [0, 0.1) is 11.3 Å². The maximum Gasteiger partial charge on any atom is 0.226 e. The normalized spacial score (nSPS) is 15.0. The second kappa shape index (κ2) is 7.87. The summed E-state index contributed by atoms with van der Waals surface area (Å²) in [6.07, 6.45) is 0.165. The molecule has 0 fully saturated rings. The lowest BCUT2D eigenvalue weighted by Crippen LogP contribution is -2.39. The summed E-state index contributed by atoms with van der Waals surface area (Å²) < 4.78 is 2.14. The average molecular weight is 383 g/mol. The molecule has 0 saturated heterocycles. The van der Waals surface area contributed by atoms with Gasteiger partial charge < -0.3 is 14.8 Å². The number of hydrogen-bond acceptors (Lipinski definition) is 4. The Morgan fingerprint density at radius 3 is 2.50 bits per heavy atom. The van der Waals surface area contributed by atoms with Crippen LogP contribution in [0.3, 0.4) is 0 Å². The van der Waals surface area contributed by atoms with Crippen molar-refractivity contribution in [1.29, 1.82) is 0 Å². The van der Waals surface area contributed by atoms with Crippen LogP contribution in [0.15, 0.2) is 30.3 Å². The minimum absolute atomic E-state index is 0.0182. The van der Waals surface area contributed by atoms with Crippen molar-refractivity contribution >= 4 is 11.7 Å². The fourth-order valence-corrected chi connectivity index (χ4v) is 3.69. The summed E-state index contributed by atoms with van der Waals surface area (Å²) in [7, 11) is 3.48. The number of carbonyl (C=O) groups is 2. The van der Waals surface area contributed by atoms with Crippen molar-refractivity contribution in [2.24, 2.45) is 11.3 Å².